The number of nitrogens with zero attached hydrogens (tertiary/aromatic N) is 2. The second kappa shape index (κ2) is 13.0. The molecule has 2 saturated carbocycles. The van der Waals surface area contributed by atoms with Gasteiger partial charge in [0.2, 0.25) is 18.2 Å². The fourth-order valence-corrected chi connectivity index (χ4v) is 5.94. The number of carbonyl (C=O) groups is 4. The van der Waals surface area contributed by atoms with E-state index in [9.17, 15) is 27.6 Å². The van der Waals surface area contributed by atoms with Crippen molar-refractivity contribution in [1.82, 2.24) is 15.5 Å². The van der Waals surface area contributed by atoms with Crippen molar-refractivity contribution >= 4 is 24.1 Å². The Balaban J connectivity index is 0.000000239. The van der Waals surface area contributed by atoms with Crippen LogP contribution < -0.4 is 16.4 Å². The third-order valence-electron chi connectivity index (χ3n) is 8.65. The van der Waals surface area contributed by atoms with Gasteiger partial charge in [0.1, 0.15) is 6.04 Å². The second-order valence-electron chi connectivity index (χ2n) is 13.1. The average Bonchev–Trinajstić information content (AvgIpc) is 3.14. The molecule has 4 unspecified atom stereocenters. The first-order chi connectivity index (χ1) is 18.7. The van der Waals surface area contributed by atoms with Gasteiger partial charge in [-0.25, -0.2) is 0 Å². The largest absolute Gasteiger partial charge is 0.470 e. The predicted molar refractivity (Wildman–Crippen MR) is 144 cm³/mol. The van der Waals surface area contributed by atoms with E-state index in [0.29, 0.717) is 37.0 Å². The zero-order valence-corrected chi connectivity index (χ0v) is 24.8. The number of likely N-dealkylation sites (tertiary alicyclic amines) is 1. The fourth-order valence-electron chi connectivity index (χ4n) is 5.94. The summed E-state index contributed by atoms with van der Waals surface area (Å²) >= 11 is 0. The van der Waals surface area contributed by atoms with Crippen LogP contribution in [0.25, 0.3) is 0 Å². The number of primary amides is 1. The number of fused-ring (bicyclic) bond motifs is 1. The van der Waals surface area contributed by atoms with Gasteiger partial charge in [0.15, 0.2) is 0 Å². The maximum absolute atomic E-state index is 12.3. The van der Waals surface area contributed by atoms with Gasteiger partial charge in [-0.05, 0) is 77.0 Å². The van der Waals surface area contributed by atoms with E-state index in [0.717, 1.165) is 37.8 Å². The van der Waals surface area contributed by atoms with Gasteiger partial charge in [-0.3, -0.25) is 19.2 Å². The molecular formula is C28H44F3N5O5. The van der Waals surface area contributed by atoms with Crippen LogP contribution in [-0.4, -0.2) is 71.6 Å². The fraction of sp³-hybridized carbons (Fsp3) is 0.821. The summed E-state index contributed by atoms with van der Waals surface area (Å²) in [6.07, 6.45) is 0.877. The number of hydrogen-bond donors (Lipinski definition) is 3. The number of carbonyl (C=O) groups excluding carboxylic acids is 4. The number of nitrogens with two attached hydrogens (primary N) is 1. The minimum Gasteiger partial charge on any atom is -0.372 e. The van der Waals surface area contributed by atoms with Gasteiger partial charge in [-0.1, -0.05) is 13.8 Å². The van der Waals surface area contributed by atoms with Gasteiger partial charge >= 0.3 is 12.1 Å². The molecule has 0 aromatic heterocycles. The highest BCUT2D eigenvalue weighted by atomic mass is 19.4. The van der Waals surface area contributed by atoms with Gasteiger partial charge in [-0.15, -0.1) is 0 Å². The van der Waals surface area contributed by atoms with Crippen molar-refractivity contribution in [2.45, 2.75) is 110 Å². The van der Waals surface area contributed by atoms with Crippen molar-refractivity contribution in [3.8, 4) is 6.07 Å². The van der Waals surface area contributed by atoms with Crippen LogP contribution in [0.1, 0.15) is 80.1 Å². The Bertz CT molecular complexity index is 1010. The molecule has 4 aliphatic rings. The van der Waals surface area contributed by atoms with Crippen molar-refractivity contribution in [3.05, 3.63) is 0 Å². The number of alkyl halides is 3. The van der Waals surface area contributed by atoms with Crippen molar-refractivity contribution in [2.24, 2.45) is 28.9 Å². The van der Waals surface area contributed by atoms with E-state index in [2.05, 4.69) is 42.0 Å². The summed E-state index contributed by atoms with van der Waals surface area (Å²) in [6, 6.07) is 1.38. The van der Waals surface area contributed by atoms with E-state index >= 15 is 0 Å². The lowest BCUT2D eigenvalue weighted by molar-refractivity contribution is -0.169. The molecule has 13 heteroatoms. The number of halogens is 3. The molecular weight excluding hydrogens is 543 g/mol. The van der Waals surface area contributed by atoms with Crippen LogP contribution in [0.4, 0.5) is 13.2 Å². The summed E-state index contributed by atoms with van der Waals surface area (Å²) in [4.78, 5) is 45.2. The summed E-state index contributed by atoms with van der Waals surface area (Å²) in [5.74, 6) is -0.690. The Kier molecular flexibility index (Phi) is 10.9. The van der Waals surface area contributed by atoms with E-state index in [-0.39, 0.29) is 29.1 Å². The van der Waals surface area contributed by atoms with E-state index in [1.807, 2.05) is 26.8 Å². The SMILES string of the molecule is CC1(C)CC(CC(C#N)NC=O)C(=O)N1.C[C@H](CC(=O)N1CC2C(C1)C2(C)C)OC1(C)CCC1.NC(=O)C(F)(F)F. The molecule has 0 aromatic rings. The van der Waals surface area contributed by atoms with Crippen LogP contribution in [0.2, 0.25) is 0 Å². The van der Waals surface area contributed by atoms with Crippen LogP contribution in [0.3, 0.4) is 0 Å². The Hall–Kier alpha value is -2.88. The molecule has 0 spiro atoms. The van der Waals surface area contributed by atoms with Crippen molar-refractivity contribution in [1.29, 1.82) is 5.26 Å². The number of ether oxygens (including phenoxy) is 1. The molecule has 4 fully saturated rings. The summed E-state index contributed by atoms with van der Waals surface area (Å²) in [5, 5.41) is 14.0. The number of amides is 4. The zero-order valence-electron chi connectivity index (χ0n) is 24.8. The average molecular weight is 588 g/mol. The van der Waals surface area contributed by atoms with Crippen LogP contribution >= 0.6 is 0 Å². The normalized spacial score (nSPS) is 27.6. The number of nitrogens with one attached hydrogen (secondary N) is 2. The molecule has 232 valence electrons. The molecule has 0 aromatic carbocycles. The lowest BCUT2D eigenvalue weighted by atomic mass is 9.81. The first kappa shape index (κ1) is 34.3. The third kappa shape index (κ3) is 9.58. The van der Waals surface area contributed by atoms with Crippen LogP contribution in [0, 0.1) is 34.5 Å². The smallest absolute Gasteiger partial charge is 0.372 e. The number of hydrogen-bond acceptors (Lipinski definition) is 6. The molecule has 5 atom stereocenters. The molecule has 2 aliphatic carbocycles. The molecule has 4 amide bonds. The standard InChI is InChI=1S/C16H27NO2.C10H15N3O2.C2H2F3NO/c1-11(19-16(4)6-5-7-16)8-14(18)17-9-12-13(10-17)15(12,2)3;1-10(2)4-7(9(15)13-10)3-8(5-11)12-6-14;3-2(4,5)1(6)7/h11-13H,5-10H2,1-4H3;6-8H,3-4H2,1-2H3,(H,12,14)(H,13,15);(H2,6,7)/t11-,12?,13?;;/m1../s1. The van der Waals surface area contributed by atoms with Crippen LogP contribution in [0.5, 0.6) is 0 Å². The monoisotopic (exact) mass is 587 g/mol. The first-order valence-corrected chi connectivity index (χ1v) is 14.0. The summed E-state index contributed by atoms with van der Waals surface area (Å²) in [7, 11) is 0. The van der Waals surface area contributed by atoms with E-state index in [1.54, 1.807) is 0 Å². The van der Waals surface area contributed by atoms with Crippen LogP contribution in [0.15, 0.2) is 0 Å². The molecule has 41 heavy (non-hydrogen) atoms. The first-order valence-electron chi connectivity index (χ1n) is 14.0. The maximum atomic E-state index is 12.3. The Morgan fingerprint density at radius 1 is 1.22 bits per heavy atom. The number of piperidine rings is 1. The second-order valence-corrected chi connectivity index (χ2v) is 13.1. The highest BCUT2D eigenvalue weighted by Crippen LogP contribution is 2.62. The highest BCUT2D eigenvalue weighted by molar-refractivity contribution is 5.82. The van der Waals surface area contributed by atoms with Crippen LogP contribution in [-0.2, 0) is 23.9 Å². The van der Waals surface area contributed by atoms with E-state index in [4.69, 9.17) is 14.8 Å². The minimum atomic E-state index is -4.86. The Morgan fingerprint density at radius 2 is 1.76 bits per heavy atom. The van der Waals surface area contributed by atoms with Crippen molar-refractivity contribution in [3.63, 3.8) is 0 Å². The number of rotatable bonds is 8. The van der Waals surface area contributed by atoms with Gasteiger partial charge in [0.05, 0.1) is 24.2 Å². The topological polar surface area (TPSA) is 155 Å². The number of nitriles is 1. The highest BCUT2D eigenvalue weighted by Gasteiger charge is 2.62. The summed E-state index contributed by atoms with van der Waals surface area (Å²) in [5.41, 5.74) is 4.13. The Labute approximate surface area is 239 Å². The predicted octanol–water partition coefficient (Wildman–Crippen LogP) is 2.80. The Morgan fingerprint density at radius 3 is 2.12 bits per heavy atom. The van der Waals surface area contributed by atoms with E-state index < -0.39 is 18.1 Å². The molecule has 4 N–H and O–H groups in total. The molecule has 0 bridgehead atoms. The molecule has 2 heterocycles. The van der Waals surface area contributed by atoms with E-state index in [1.165, 1.54) is 6.42 Å². The summed E-state index contributed by atoms with van der Waals surface area (Å²) in [6.45, 7) is 14.7. The van der Waals surface area contributed by atoms with Gasteiger partial charge in [-0.2, -0.15) is 18.4 Å². The van der Waals surface area contributed by atoms with Gasteiger partial charge in [0.25, 0.3) is 0 Å². The lowest BCUT2D eigenvalue weighted by Crippen LogP contribution is -2.41. The molecule has 0 radical (unpaired) electrons. The zero-order chi connectivity index (χ0) is 31.4. The minimum absolute atomic E-state index is 0.0343. The molecule has 2 aliphatic heterocycles. The van der Waals surface area contributed by atoms with Gasteiger partial charge in [0, 0.05) is 24.5 Å². The lowest BCUT2D eigenvalue weighted by Gasteiger charge is -2.40. The maximum Gasteiger partial charge on any atom is 0.470 e. The van der Waals surface area contributed by atoms with Crippen molar-refractivity contribution < 1.29 is 37.1 Å². The molecule has 4 rings (SSSR count). The molecule has 10 nitrogen and oxygen atoms in total. The molecule has 2 saturated heterocycles. The van der Waals surface area contributed by atoms with Gasteiger partial charge < -0.3 is 26.0 Å². The van der Waals surface area contributed by atoms with Crippen molar-refractivity contribution in [2.75, 3.05) is 13.1 Å². The quantitative estimate of drug-likeness (QED) is 0.371. The third-order valence-corrected chi connectivity index (χ3v) is 8.65. The summed E-state index contributed by atoms with van der Waals surface area (Å²) < 4.78 is 38.1.